The number of pyridine rings is 1. The van der Waals surface area contributed by atoms with Crippen molar-refractivity contribution in [3.63, 3.8) is 0 Å². The normalized spacial score (nSPS) is 22.0. The van der Waals surface area contributed by atoms with Crippen LogP contribution in [0.2, 0.25) is 5.15 Å². The number of aromatic nitrogens is 1. The number of nitrogens with zero attached hydrogens (tertiary/aromatic N) is 1. The number of rotatable bonds is 2. The smallest absolute Gasteiger partial charge is 0.252 e. The lowest BCUT2D eigenvalue weighted by Gasteiger charge is -2.32. The third kappa shape index (κ3) is 2.41. The van der Waals surface area contributed by atoms with Crippen molar-refractivity contribution >= 4 is 28.4 Å². The minimum Gasteiger partial charge on any atom is -0.393 e. The second-order valence-electron chi connectivity index (χ2n) is 4.81. The molecule has 0 atom stereocenters. The number of aliphatic hydroxyl groups is 1. The highest BCUT2D eigenvalue weighted by atomic mass is 35.5. The van der Waals surface area contributed by atoms with Crippen LogP contribution < -0.4 is 5.32 Å². The molecule has 0 unspecified atom stereocenters. The summed E-state index contributed by atoms with van der Waals surface area (Å²) in [7, 11) is 0. The van der Waals surface area contributed by atoms with E-state index in [-0.39, 0.29) is 18.1 Å². The fourth-order valence-electron chi connectivity index (χ4n) is 2.30. The molecule has 1 heterocycles. The summed E-state index contributed by atoms with van der Waals surface area (Å²) < 4.78 is 0. The molecule has 0 saturated heterocycles. The summed E-state index contributed by atoms with van der Waals surface area (Å²) in [6.45, 7) is 0. The van der Waals surface area contributed by atoms with E-state index < -0.39 is 0 Å². The van der Waals surface area contributed by atoms with Crippen LogP contribution in [-0.2, 0) is 0 Å². The zero-order chi connectivity index (χ0) is 13.4. The Morgan fingerprint density at radius 3 is 2.84 bits per heavy atom. The van der Waals surface area contributed by atoms with Crippen LogP contribution in [0.5, 0.6) is 0 Å². The first-order valence-electron chi connectivity index (χ1n) is 6.17. The van der Waals surface area contributed by atoms with Gasteiger partial charge in [0.1, 0.15) is 5.15 Å². The summed E-state index contributed by atoms with van der Waals surface area (Å²) in [5, 5.41) is 13.2. The van der Waals surface area contributed by atoms with E-state index in [0.29, 0.717) is 29.1 Å². The molecule has 0 aliphatic heterocycles. The summed E-state index contributed by atoms with van der Waals surface area (Å²) in [6.07, 6.45) is 0.938. The van der Waals surface area contributed by atoms with E-state index in [9.17, 15) is 9.90 Å². The molecular formula is C14H13ClN2O2. The maximum Gasteiger partial charge on any atom is 0.252 e. The van der Waals surface area contributed by atoms with Crippen molar-refractivity contribution in [1.29, 1.82) is 0 Å². The molecule has 3 rings (SSSR count). The molecule has 98 valence electrons. The van der Waals surface area contributed by atoms with E-state index in [1.54, 1.807) is 6.07 Å². The molecule has 5 heteroatoms. The molecule has 1 aromatic heterocycles. The molecule has 0 radical (unpaired) electrons. The summed E-state index contributed by atoms with van der Waals surface area (Å²) in [6, 6.07) is 9.02. The number of benzene rings is 1. The predicted molar refractivity (Wildman–Crippen MR) is 73.2 cm³/mol. The molecule has 2 aromatic rings. The molecule has 1 aromatic carbocycles. The average Bonchev–Trinajstić information content (AvgIpc) is 2.35. The minimum atomic E-state index is -0.289. The van der Waals surface area contributed by atoms with Crippen molar-refractivity contribution in [3.05, 3.63) is 41.0 Å². The van der Waals surface area contributed by atoms with Gasteiger partial charge in [0.15, 0.2) is 0 Å². The highest BCUT2D eigenvalue weighted by molar-refractivity contribution is 6.30. The van der Waals surface area contributed by atoms with Crippen molar-refractivity contribution in [3.8, 4) is 0 Å². The lowest BCUT2D eigenvalue weighted by molar-refractivity contribution is 0.0563. The second-order valence-corrected chi connectivity index (χ2v) is 5.19. The van der Waals surface area contributed by atoms with Gasteiger partial charge in [0.2, 0.25) is 0 Å². The third-order valence-electron chi connectivity index (χ3n) is 3.38. The SMILES string of the molecule is O=C(NC1CC(O)C1)c1cc(Cl)nc2ccccc12. The molecule has 0 bridgehead atoms. The van der Waals surface area contributed by atoms with Gasteiger partial charge in [-0.05, 0) is 25.0 Å². The van der Waals surface area contributed by atoms with E-state index in [4.69, 9.17) is 11.6 Å². The first kappa shape index (κ1) is 12.4. The highest BCUT2D eigenvalue weighted by Gasteiger charge is 2.29. The Balaban J connectivity index is 1.92. The molecule has 19 heavy (non-hydrogen) atoms. The van der Waals surface area contributed by atoms with Crippen molar-refractivity contribution in [2.45, 2.75) is 25.0 Å². The monoisotopic (exact) mass is 276 g/mol. The van der Waals surface area contributed by atoms with Gasteiger partial charge < -0.3 is 10.4 Å². The van der Waals surface area contributed by atoms with Crippen LogP contribution in [-0.4, -0.2) is 28.1 Å². The summed E-state index contributed by atoms with van der Waals surface area (Å²) in [5.41, 5.74) is 1.23. The number of aliphatic hydroxyl groups excluding tert-OH is 1. The number of amides is 1. The summed E-state index contributed by atoms with van der Waals surface area (Å²) >= 11 is 5.94. The summed E-state index contributed by atoms with van der Waals surface area (Å²) in [5.74, 6) is -0.169. The molecule has 1 aliphatic carbocycles. The van der Waals surface area contributed by atoms with Crippen LogP contribution in [0.4, 0.5) is 0 Å². The first-order valence-corrected chi connectivity index (χ1v) is 6.55. The predicted octanol–water partition coefficient (Wildman–Crippen LogP) is 2.14. The van der Waals surface area contributed by atoms with Crippen molar-refractivity contribution in [1.82, 2.24) is 10.3 Å². The Bertz CT molecular complexity index is 638. The number of carbonyl (C=O) groups excluding carboxylic acids is 1. The molecule has 2 N–H and O–H groups in total. The highest BCUT2D eigenvalue weighted by Crippen LogP contribution is 2.23. The maximum atomic E-state index is 12.2. The van der Waals surface area contributed by atoms with E-state index in [1.807, 2.05) is 24.3 Å². The fourth-order valence-corrected chi connectivity index (χ4v) is 2.50. The standard InChI is InChI=1S/C14H13ClN2O2/c15-13-7-11(10-3-1-2-4-12(10)17-13)14(19)16-8-5-9(18)6-8/h1-4,7-9,18H,5-6H2,(H,16,19). The van der Waals surface area contributed by atoms with Crippen molar-refractivity contribution in [2.75, 3.05) is 0 Å². The fraction of sp³-hybridized carbons (Fsp3) is 0.286. The minimum absolute atomic E-state index is 0.0493. The van der Waals surface area contributed by atoms with Gasteiger partial charge in [-0.2, -0.15) is 0 Å². The van der Waals surface area contributed by atoms with Gasteiger partial charge >= 0.3 is 0 Å². The van der Waals surface area contributed by atoms with Gasteiger partial charge in [-0.3, -0.25) is 4.79 Å². The Kier molecular flexibility index (Phi) is 3.12. The van der Waals surface area contributed by atoms with Crippen molar-refractivity contribution in [2.24, 2.45) is 0 Å². The number of para-hydroxylation sites is 1. The van der Waals surface area contributed by atoms with Crippen LogP contribution in [0, 0.1) is 0 Å². The lowest BCUT2D eigenvalue weighted by atomic mass is 9.89. The van der Waals surface area contributed by atoms with E-state index in [0.717, 1.165) is 5.39 Å². The number of fused-ring (bicyclic) bond motifs is 1. The van der Waals surface area contributed by atoms with Gasteiger partial charge in [-0.1, -0.05) is 29.8 Å². The summed E-state index contributed by atoms with van der Waals surface area (Å²) in [4.78, 5) is 16.4. The van der Waals surface area contributed by atoms with Gasteiger partial charge in [0, 0.05) is 11.4 Å². The Labute approximate surface area is 115 Å². The molecular weight excluding hydrogens is 264 g/mol. The molecule has 1 saturated carbocycles. The van der Waals surface area contributed by atoms with E-state index >= 15 is 0 Å². The Morgan fingerprint density at radius 1 is 1.37 bits per heavy atom. The molecule has 1 aliphatic rings. The number of halogens is 1. The van der Waals surface area contributed by atoms with Crippen LogP contribution in [0.1, 0.15) is 23.2 Å². The number of nitrogens with one attached hydrogen (secondary N) is 1. The average molecular weight is 277 g/mol. The van der Waals surface area contributed by atoms with Crippen LogP contribution in [0.15, 0.2) is 30.3 Å². The van der Waals surface area contributed by atoms with Crippen LogP contribution in [0.25, 0.3) is 10.9 Å². The lowest BCUT2D eigenvalue weighted by Crippen LogP contribution is -2.46. The first-order chi connectivity index (χ1) is 9.13. The topological polar surface area (TPSA) is 62.2 Å². The van der Waals surface area contributed by atoms with Gasteiger partial charge in [-0.25, -0.2) is 4.98 Å². The van der Waals surface area contributed by atoms with Gasteiger partial charge in [-0.15, -0.1) is 0 Å². The van der Waals surface area contributed by atoms with Crippen LogP contribution >= 0.6 is 11.6 Å². The third-order valence-corrected chi connectivity index (χ3v) is 3.57. The zero-order valence-electron chi connectivity index (χ0n) is 10.1. The largest absolute Gasteiger partial charge is 0.393 e. The second kappa shape index (κ2) is 4.79. The van der Waals surface area contributed by atoms with Gasteiger partial charge in [0.25, 0.3) is 5.91 Å². The molecule has 1 fully saturated rings. The molecule has 0 spiro atoms. The molecule has 4 nitrogen and oxygen atoms in total. The quantitative estimate of drug-likeness (QED) is 0.826. The Hall–Kier alpha value is -1.65. The van der Waals surface area contributed by atoms with Crippen LogP contribution in [0.3, 0.4) is 0 Å². The van der Waals surface area contributed by atoms with Gasteiger partial charge in [0.05, 0.1) is 17.2 Å². The number of hydrogen-bond acceptors (Lipinski definition) is 3. The van der Waals surface area contributed by atoms with Crippen molar-refractivity contribution < 1.29 is 9.90 Å². The van der Waals surface area contributed by atoms with E-state index in [2.05, 4.69) is 10.3 Å². The Morgan fingerprint density at radius 2 is 2.11 bits per heavy atom. The zero-order valence-corrected chi connectivity index (χ0v) is 10.9. The van der Waals surface area contributed by atoms with E-state index in [1.165, 1.54) is 0 Å². The number of carbonyl (C=O) groups is 1. The molecule has 1 amide bonds. The maximum absolute atomic E-state index is 12.2. The number of hydrogen-bond donors (Lipinski definition) is 2.